The molecule has 64 valence electrons. The van der Waals surface area contributed by atoms with Crippen LogP contribution in [-0.2, 0) is 6.42 Å². The summed E-state index contributed by atoms with van der Waals surface area (Å²) in [5.41, 5.74) is 1.26. The summed E-state index contributed by atoms with van der Waals surface area (Å²) in [5, 5.41) is 8.73. The van der Waals surface area contributed by atoms with E-state index >= 15 is 0 Å². The van der Waals surface area contributed by atoms with Crippen molar-refractivity contribution < 1.29 is 9.84 Å². The molecule has 2 heteroatoms. The first-order valence-corrected chi connectivity index (χ1v) is 4.25. The zero-order valence-corrected chi connectivity index (χ0v) is 6.86. The van der Waals surface area contributed by atoms with Crippen LogP contribution in [0.25, 0.3) is 0 Å². The zero-order chi connectivity index (χ0) is 8.39. The van der Waals surface area contributed by atoms with E-state index in [1.807, 2.05) is 18.2 Å². The summed E-state index contributed by atoms with van der Waals surface area (Å²) in [4.78, 5) is 0. The summed E-state index contributed by atoms with van der Waals surface area (Å²) in [6, 6.07) is 8.04. The highest BCUT2D eigenvalue weighted by atomic mass is 16.5. The Hall–Kier alpha value is -1.02. The van der Waals surface area contributed by atoms with Gasteiger partial charge >= 0.3 is 0 Å². The van der Waals surface area contributed by atoms with Crippen molar-refractivity contribution in [1.82, 2.24) is 0 Å². The molecular weight excluding hydrogens is 152 g/mol. The third-order valence-corrected chi connectivity index (χ3v) is 2.16. The van der Waals surface area contributed by atoms with Gasteiger partial charge < -0.3 is 9.84 Å². The smallest absolute Gasteiger partial charge is 0.123 e. The summed E-state index contributed by atoms with van der Waals surface area (Å²) in [7, 11) is 0. The predicted molar refractivity (Wildman–Crippen MR) is 46.3 cm³/mol. The molecule has 2 rings (SSSR count). The van der Waals surface area contributed by atoms with Crippen molar-refractivity contribution in [2.45, 2.75) is 18.9 Å². The molecule has 0 saturated carbocycles. The standard InChI is InChI=1S/C10H12O2/c11-6-5-9-7-8-3-1-2-4-10(8)12-9/h1-4,9,11H,5-7H2/t9-/m1/s1. The number of aliphatic hydroxyl groups excluding tert-OH is 1. The molecule has 2 nitrogen and oxygen atoms in total. The van der Waals surface area contributed by atoms with Crippen LogP contribution in [0, 0.1) is 0 Å². The highest BCUT2D eigenvalue weighted by Gasteiger charge is 2.20. The van der Waals surface area contributed by atoms with E-state index < -0.39 is 0 Å². The Morgan fingerprint density at radius 1 is 1.42 bits per heavy atom. The van der Waals surface area contributed by atoms with Gasteiger partial charge in [0.05, 0.1) is 0 Å². The maximum atomic E-state index is 8.73. The molecule has 0 unspecified atom stereocenters. The molecule has 1 heterocycles. The Morgan fingerprint density at radius 2 is 2.25 bits per heavy atom. The van der Waals surface area contributed by atoms with Gasteiger partial charge in [0.15, 0.2) is 0 Å². The second kappa shape index (κ2) is 3.15. The van der Waals surface area contributed by atoms with Crippen LogP contribution in [0.1, 0.15) is 12.0 Å². The van der Waals surface area contributed by atoms with Gasteiger partial charge in [0.1, 0.15) is 11.9 Å². The van der Waals surface area contributed by atoms with Gasteiger partial charge in [-0.3, -0.25) is 0 Å². The van der Waals surface area contributed by atoms with Crippen molar-refractivity contribution in [3.8, 4) is 5.75 Å². The van der Waals surface area contributed by atoms with Crippen LogP contribution in [0.3, 0.4) is 0 Å². The Labute approximate surface area is 71.8 Å². The van der Waals surface area contributed by atoms with Gasteiger partial charge in [-0.1, -0.05) is 18.2 Å². The number of fused-ring (bicyclic) bond motifs is 1. The highest BCUT2D eigenvalue weighted by molar-refractivity contribution is 5.37. The molecule has 0 fully saturated rings. The van der Waals surface area contributed by atoms with E-state index in [9.17, 15) is 0 Å². The third-order valence-electron chi connectivity index (χ3n) is 2.16. The lowest BCUT2D eigenvalue weighted by atomic mass is 10.1. The SMILES string of the molecule is OCC[C@@H]1Cc2ccccc2O1. The van der Waals surface area contributed by atoms with E-state index in [0.29, 0.717) is 0 Å². The maximum Gasteiger partial charge on any atom is 0.123 e. The van der Waals surface area contributed by atoms with Crippen molar-refractivity contribution in [2.24, 2.45) is 0 Å². The first-order valence-electron chi connectivity index (χ1n) is 4.25. The lowest BCUT2D eigenvalue weighted by Gasteiger charge is -2.07. The molecule has 0 saturated heterocycles. The fourth-order valence-electron chi connectivity index (χ4n) is 1.56. The van der Waals surface area contributed by atoms with Crippen LogP contribution in [0.2, 0.25) is 0 Å². The summed E-state index contributed by atoms with van der Waals surface area (Å²) in [6.45, 7) is 0.207. The number of hydrogen-bond donors (Lipinski definition) is 1. The third kappa shape index (κ3) is 1.30. The normalized spacial score (nSPS) is 20.2. The molecular formula is C10H12O2. The lowest BCUT2D eigenvalue weighted by molar-refractivity contribution is 0.175. The van der Waals surface area contributed by atoms with Crippen LogP contribution in [0.4, 0.5) is 0 Å². The molecule has 0 bridgehead atoms. The second-order valence-corrected chi connectivity index (χ2v) is 3.06. The number of aliphatic hydroxyl groups is 1. The first kappa shape index (κ1) is 7.62. The van der Waals surface area contributed by atoms with E-state index in [2.05, 4.69) is 6.07 Å². The molecule has 1 aromatic rings. The quantitative estimate of drug-likeness (QED) is 0.715. The Balaban J connectivity index is 2.11. The molecule has 1 atom stereocenters. The van der Waals surface area contributed by atoms with E-state index in [1.54, 1.807) is 0 Å². The summed E-state index contributed by atoms with van der Waals surface area (Å²) >= 11 is 0. The molecule has 12 heavy (non-hydrogen) atoms. The number of para-hydroxylation sites is 1. The lowest BCUT2D eigenvalue weighted by Crippen LogP contribution is -2.14. The minimum atomic E-state index is 0.187. The molecule has 0 spiro atoms. The molecule has 0 aliphatic carbocycles. The van der Waals surface area contributed by atoms with Crippen LogP contribution in [0.5, 0.6) is 5.75 Å². The van der Waals surface area contributed by atoms with Gasteiger partial charge in [-0.15, -0.1) is 0 Å². The Kier molecular flexibility index (Phi) is 2.00. The van der Waals surface area contributed by atoms with Gasteiger partial charge in [-0.2, -0.15) is 0 Å². The zero-order valence-electron chi connectivity index (χ0n) is 6.86. The van der Waals surface area contributed by atoms with Crippen molar-refractivity contribution in [1.29, 1.82) is 0 Å². The fourth-order valence-corrected chi connectivity index (χ4v) is 1.56. The summed E-state index contributed by atoms with van der Waals surface area (Å²) < 4.78 is 5.59. The van der Waals surface area contributed by atoms with Crippen LogP contribution >= 0.6 is 0 Å². The average molecular weight is 164 g/mol. The molecule has 1 aromatic carbocycles. The average Bonchev–Trinajstić information content (AvgIpc) is 2.47. The maximum absolute atomic E-state index is 8.73. The van der Waals surface area contributed by atoms with Crippen molar-refractivity contribution >= 4 is 0 Å². The van der Waals surface area contributed by atoms with Crippen LogP contribution < -0.4 is 4.74 Å². The molecule has 0 radical (unpaired) electrons. The van der Waals surface area contributed by atoms with Gasteiger partial charge in [0.2, 0.25) is 0 Å². The molecule has 0 amide bonds. The van der Waals surface area contributed by atoms with Crippen molar-refractivity contribution in [3.05, 3.63) is 29.8 Å². The summed E-state index contributed by atoms with van der Waals surface area (Å²) in [6.07, 6.45) is 1.86. The minimum Gasteiger partial charge on any atom is -0.490 e. The van der Waals surface area contributed by atoms with E-state index in [1.165, 1.54) is 5.56 Å². The van der Waals surface area contributed by atoms with Gasteiger partial charge in [0.25, 0.3) is 0 Å². The van der Waals surface area contributed by atoms with Crippen LogP contribution in [0.15, 0.2) is 24.3 Å². The van der Waals surface area contributed by atoms with Crippen LogP contribution in [-0.4, -0.2) is 17.8 Å². The molecule has 1 N–H and O–H groups in total. The van der Waals surface area contributed by atoms with E-state index in [-0.39, 0.29) is 12.7 Å². The molecule has 0 aromatic heterocycles. The number of hydrogen-bond acceptors (Lipinski definition) is 2. The largest absolute Gasteiger partial charge is 0.490 e. The van der Waals surface area contributed by atoms with Gasteiger partial charge in [-0.25, -0.2) is 0 Å². The van der Waals surface area contributed by atoms with E-state index in [4.69, 9.17) is 9.84 Å². The fraction of sp³-hybridized carbons (Fsp3) is 0.400. The Bertz CT molecular complexity index is 245. The molecule has 1 aliphatic heterocycles. The van der Waals surface area contributed by atoms with Crippen molar-refractivity contribution in [3.63, 3.8) is 0 Å². The predicted octanol–water partition coefficient (Wildman–Crippen LogP) is 1.37. The second-order valence-electron chi connectivity index (χ2n) is 3.06. The first-order chi connectivity index (χ1) is 5.90. The minimum absolute atomic E-state index is 0.187. The van der Waals surface area contributed by atoms with Gasteiger partial charge in [0, 0.05) is 19.4 Å². The molecule has 1 aliphatic rings. The topological polar surface area (TPSA) is 29.5 Å². The summed E-state index contributed by atoms with van der Waals surface area (Å²) in [5.74, 6) is 0.982. The Morgan fingerprint density at radius 3 is 3.00 bits per heavy atom. The van der Waals surface area contributed by atoms with Crippen molar-refractivity contribution in [2.75, 3.05) is 6.61 Å². The number of benzene rings is 1. The number of ether oxygens (including phenoxy) is 1. The number of rotatable bonds is 2. The highest BCUT2D eigenvalue weighted by Crippen LogP contribution is 2.28. The monoisotopic (exact) mass is 164 g/mol. The van der Waals surface area contributed by atoms with Gasteiger partial charge in [-0.05, 0) is 11.6 Å². The van der Waals surface area contributed by atoms with E-state index in [0.717, 1.165) is 18.6 Å².